The highest BCUT2D eigenvalue weighted by Crippen LogP contribution is 2.28. The molecule has 36 heavy (non-hydrogen) atoms. The summed E-state index contributed by atoms with van der Waals surface area (Å²) >= 11 is 0. The Bertz CT molecular complexity index is 1250. The van der Waals surface area contributed by atoms with E-state index in [0.717, 1.165) is 41.9 Å². The van der Waals surface area contributed by atoms with Gasteiger partial charge >= 0.3 is 0 Å². The fraction of sp³-hybridized carbons (Fsp3) is 0.240. The van der Waals surface area contributed by atoms with Crippen molar-refractivity contribution in [1.29, 1.82) is 0 Å². The average Bonchev–Trinajstić information content (AvgIpc) is 3.62. The van der Waals surface area contributed by atoms with Gasteiger partial charge in [0, 0.05) is 31.4 Å². The van der Waals surface area contributed by atoms with Gasteiger partial charge in [-0.15, -0.1) is 0 Å². The molecular formula is C25H27F3N6O2. The third kappa shape index (κ3) is 6.44. The van der Waals surface area contributed by atoms with Crippen LogP contribution in [-0.4, -0.2) is 39.9 Å². The number of allylic oxidation sites excluding steroid dienone is 5. The predicted octanol–water partition coefficient (Wildman–Crippen LogP) is 5.36. The number of aromatic nitrogens is 4. The summed E-state index contributed by atoms with van der Waals surface area (Å²) in [5.74, 6) is 1.82. The Labute approximate surface area is 207 Å². The predicted molar refractivity (Wildman–Crippen MR) is 131 cm³/mol. The normalized spacial score (nSPS) is 13.8. The van der Waals surface area contributed by atoms with Crippen molar-refractivity contribution in [2.75, 3.05) is 24.9 Å². The van der Waals surface area contributed by atoms with Crippen LogP contribution in [0.1, 0.15) is 12.6 Å². The van der Waals surface area contributed by atoms with Crippen molar-refractivity contribution in [2.45, 2.75) is 13.5 Å². The first kappa shape index (κ1) is 26.3. The molecule has 0 bridgehead atoms. The summed E-state index contributed by atoms with van der Waals surface area (Å²) in [6.45, 7) is 9.35. The van der Waals surface area contributed by atoms with Gasteiger partial charge in [0.1, 0.15) is 12.4 Å². The van der Waals surface area contributed by atoms with Crippen molar-refractivity contribution in [3.63, 3.8) is 0 Å². The van der Waals surface area contributed by atoms with Crippen LogP contribution in [0.5, 0.6) is 0 Å². The van der Waals surface area contributed by atoms with Crippen molar-refractivity contribution in [3.8, 4) is 22.8 Å². The second-order valence-corrected chi connectivity index (χ2v) is 7.55. The summed E-state index contributed by atoms with van der Waals surface area (Å²) in [6.07, 6.45) is 5.61. The maximum absolute atomic E-state index is 13.2. The molecule has 1 N–H and O–H groups in total. The maximum Gasteiger partial charge on any atom is 0.261 e. The van der Waals surface area contributed by atoms with E-state index in [1.54, 1.807) is 24.9 Å². The van der Waals surface area contributed by atoms with E-state index < -0.39 is 12.8 Å². The van der Waals surface area contributed by atoms with Crippen LogP contribution in [0.15, 0.2) is 83.8 Å². The van der Waals surface area contributed by atoms with Gasteiger partial charge in [0.15, 0.2) is 0 Å². The fourth-order valence-electron chi connectivity index (χ4n) is 3.38. The van der Waals surface area contributed by atoms with Gasteiger partial charge in [-0.2, -0.15) is 10.1 Å². The van der Waals surface area contributed by atoms with Gasteiger partial charge in [-0.05, 0) is 49.4 Å². The van der Waals surface area contributed by atoms with Crippen LogP contribution in [0.25, 0.3) is 22.8 Å². The number of aryl methyl sites for hydroxylation is 1. The van der Waals surface area contributed by atoms with Gasteiger partial charge in [-0.3, -0.25) is 4.68 Å². The summed E-state index contributed by atoms with van der Waals surface area (Å²) in [4.78, 5) is 6.67. The monoisotopic (exact) mass is 500 g/mol. The molecule has 0 spiro atoms. The molecule has 2 aromatic heterocycles. The number of anilines is 1. The molecule has 0 aliphatic carbocycles. The van der Waals surface area contributed by atoms with E-state index in [1.807, 2.05) is 24.3 Å². The molecule has 190 valence electrons. The molecule has 0 atom stereocenters. The molecule has 1 aliphatic heterocycles. The Morgan fingerprint density at radius 3 is 2.61 bits per heavy atom. The Balaban J connectivity index is 0.00000115. The lowest BCUT2D eigenvalue weighted by Crippen LogP contribution is -2.17. The number of rotatable bonds is 8. The average molecular weight is 501 g/mol. The van der Waals surface area contributed by atoms with Crippen LogP contribution in [0.2, 0.25) is 0 Å². The first-order valence-electron chi connectivity index (χ1n) is 10.9. The highest BCUT2D eigenvalue weighted by Gasteiger charge is 2.19. The number of benzene rings is 1. The molecule has 1 fully saturated rings. The molecule has 1 saturated heterocycles. The van der Waals surface area contributed by atoms with Gasteiger partial charge in [0.05, 0.1) is 29.0 Å². The summed E-state index contributed by atoms with van der Waals surface area (Å²) < 4.78 is 45.4. The van der Waals surface area contributed by atoms with E-state index in [9.17, 15) is 13.2 Å². The van der Waals surface area contributed by atoms with Crippen LogP contribution in [-0.2, 0) is 18.4 Å². The van der Waals surface area contributed by atoms with Crippen molar-refractivity contribution >= 4 is 5.69 Å². The maximum atomic E-state index is 13.2. The topological polar surface area (TPSA) is 81.2 Å². The van der Waals surface area contributed by atoms with Gasteiger partial charge < -0.3 is 19.5 Å². The largest absolute Gasteiger partial charge is 0.492 e. The minimum absolute atomic E-state index is 0.206. The zero-order valence-electron chi connectivity index (χ0n) is 20.0. The third-order valence-corrected chi connectivity index (χ3v) is 5.25. The number of nitrogens with one attached hydrogen (secondary N) is 1. The lowest BCUT2D eigenvalue weighted by Gasteiger charge is -2.17. The van der Waals surface area contributed by atoms with Crippen molar-refractivity contribution in [3.05, 3.63) is 84.9 Å². The van der Waals surface area contributed by atoms with Crippen molar-refractivity contribution < 1.29 is 22.4 Å². The standard InChI is InChI=1S/C24H25FN6O2.CH2F2/c1-5-19(25)9-6-16(2)32-15-22-21(14-27-30(22)4)24-28-23(29-33-24)18-7-10-20(11-8-18)31-13-12-26-17(31)3;2-1-3/h5-11,14,26H,1,3,12-13,15H2,2,4H3;1H2/b16-6+,19-9+;. The van der Waals surface area contributed by atoms with E-state index in [-0.39, 0.29) is 6.61 Å². The molecule has 3 heterocycles. The van der Waals surface area contributed by atoms with E-state index in [0.29, 0.717) is 23.0 Å². The Hall–Kier alpha value is -4.28. The number of ether oxygens (including phenoxy) is 1. The van der Waals surface area contributed by atoms with Crippen LogP contribution in [0.4, 0.5) is 18.9 Å². The summed E-state index contributed by atoms with van der Waals surface area (Å²) in [7, 11) is 1.80. The number of halogens is 3. The number of hydrogen-bond donors (Lipinski definition) is 1. The van der Waals surface area contributed by atoms with E-state index in [4.69, 9.17) is 9.26 Å². The van der Waals surface area contributed by atoms with Crippen LogP contribution < -0.4 is 10.2 Å². The lowest BCUT2D eigenvalue weighted by atomic mass is 10.2. The highest BCUT2D eigenvalue weighted by atomic mass is 19.3. The third-order valence-electron chi connectivity index (χ3n) is 5.25. The van der Waals surface area contributed by atoms with E-state index in [2.05, 4.69) is 38.6 Å². The Kier molecular flexibility index (Phi) is 9.09. The minimum atomic E-state index is -1.75. The molecule has 4 rings (SSSR count). The van der Waals surface area contributed by atoms with Crippen LogP contribution in [0, 0.1) is 0 Å². The second kappa shape index (κ2) is 12.4. The van der Waals surface area contributed by atoms with Gasteiger partial charge in [0.2, 0.25) is 12.8 Å². The molecule has 8 nitrogen and oxygen atoms in total. The van der Waals surface area contributed by atoms with Crippen LogP contribution >= 0.6 is 0 Å². The number of alkyl halides is 2. The first-order chi connectivity index (χ1) is 17.4. The molecule has 1 aromatic carbocycles. The minimum Gasteiger partial charge on any atom is -0.492 e. The Morgan fingerprint density at radius 2 is 1.97 bits per heavy atom. The molecule has 0 saturated carbocycles. The first-order valence-corrected chi connectivity index (χ1v) is 10.9. The van der Waals surface area contributed by atoms with Gasteiger partial charge in [-0.25, -0.2) is 13.2 Å². The summed E-state index contributed by atoms with van der Waals surface area (Å²) in [5, 5.41) is 11.6. The zero-order chi connectivity index (χ0) is 26.1. The Morgan fingerprint density at radius 1 is 1.25 bits per heavy atom. The molecule has 11 heteroatoms. The highest BCUT2D eigenvalue weighted by molar-refractivity contribution is 5.64. The molecule has 0 amide bonds. The van der Waals surface area contributed by atoms with Crippen LogP contribution in [0.3, 0.4) is 0 Å². The smallest absolute Gasteiger partial charge is 0.261 e. The van der Waals surface area contributed by atoms with Crippen molar-refractivity contribution in [2.24, 2.45) is 7.05 Å². The molecule has 3 aromatic rings. The molecule has 0 unspecified atom stereocenters. The SMILES string of the molecule is C=C/C(F)=C\C=C(/C)OCc1c(-c2nc(-c3ccc(N4CCNC4=C)cc3)no2)cnn1C.FCF. The quantitative estimate of drug-likeness (QED) is 0.329. The number of hydrogen-bond acceptors (Lipinski definition) is 7. The zero-order valence-corrected chi connectivity index (χ0v) is 20.0. The fourth-order valence-corrected chi connectivity index (χ4v) is 3.38. The van der Waals surface area contributed by atoms with Gasteiger partial charge in [0.25, 0.3) is 5.89 Å². The molecular weight excluding hydrogens is 473 g/mol. The molecule has 0 radical (unpaired) electrons. The van der Waals surface area contributed by atoms with E-state index in [1.165, 1.54) is 12.2 Å². The summed E-state index contributed by atoms with van der Waals surface area (Å²) in [6, 6.07) is 7.91. The lowest BCUT2D eigenvalue weighted by molar-refractivity contribution is 0.193. The van der Waals surface area contributed by atoms with Crippen molar-refractivity contribution in [1.82, 2.24) is 25.2 Å². The van der Waals surface area contributed by atoms with E-state index >= 15 is 0 Å². The second-order valence-electron chi connectivity index (χ2n) is 7.55. The van der Waals surface area contributed by atoms with Gasteiger partial charge in [-0.1, -0.05) is 18.3 Å². The molecule has 1 aliphatic rings. The summed E-state index contributed by atoms with van der Waals surface area (Å²) in [5.41, 5.74) is 3.31. The number of nitrogens with zero attached hydrogens (tertiary/aromatic N) is 5.